The summed E-state index contributed by atoms with van der Waals surface area (Å²) in [5, 5.41) is 19.5. The average molecular weight is 365 g/mol. The van der Waals surface area contributed by atoms with E-state index in [2.05, 4.69) is 43.6 Å². The van der Waals surface area contributed by atoms with Crippen LogP contribution in [-0.2, 0) is 0 Å². The maximum atomic E-state index is 9.56. The van der Waals surface area contributed by atoms with Gasteiger partial charge in [-0.05, 0) is 76.6 Å². The minimum absolute atomic E-state index is 0.0233. The highest BCUT2D eigenvalue weighted by atomic mass is 16.2. The van der Waals surface area contributed by atoms with E-state index in [0.717, 1.165) is 24.8 Å². The fourth-order valence-corrected chi connectivity index (χ4v) is 3.34. The van der Waals surface area contributed by atoms with Crippen molar-refractivity contribution < 1.29 is 5.11 Å². The fourth-order valence-electron chi connectivity index (χ4n) is 3.34. The summed E-state index contributed by atoms with van der Waals surface area (Å²) in [5.74, 6) is 0.653. The van der Waals surface area contributed by atoms with E-state index in [9.17, 15) is 5.11 Å². The molecule has 0 aromatic carbocycles. The molecule has 0 radical (unpaired) electrons. The van der Waals surface area contributed by atoms with Gasteiger partial charge in [0, 0.05) is 24.7 Å². The maximum absolute atomic E-state index is 9.56. The van der Waals surface area contributed by atoms with Crippen molar-refractivity contribution in [2.75, 3.05) is 6.54 Å². The van der Waals surface area contributed by atoms with E-state index < -0.39 is 0 Å². The molecule has 1 aliphatic carbocycles. The summed E-state index contributed by atoms with van der Waals surface area (Å²) in [6.45, 7) is 11.4. The molecule has 1 fully saturated rings. The predicted octanol–water partition coefficient (Wildman–Crippen LogP) is 3.67. The van der Waals surface area contributed by atoms with Crippen LogP contribution in [0.25, 0.3) is 0 Å². The van der Waals surface area contributed by atoms with Gasteiger partial charge in [0.05, 0.1) is 0 Å². The van der Waals surface area contributed by atoms with Gasteiger partial charge in [-0.2, -0.15) is 0 Å². The molecule has 2 unspecified atom stereocenters. The fraction of sp³-hybridized carbons (Fsp3) is 0.714. The Labute approximate surface area is 160 Å². The van der Waals surface area contributed by atoms with Crippen LogP contribution in [0, 0.1) is 5.41 Å². The first kappa shape index (κ1) is 22.4. The predicted molar refractivity (Wildman–Crippen MR) is 112 cm³/mol. The van der Waals surface area contributed by atoms with Gasteiger partial charge in [0.25, 0.3) is 0 Å². The summed E-state index contributed by atoms with van der Waals surface area (Å²) in [7, 11) is 0. The number of aliphatic hydroxyl groups excluding tert-OH is 1. The lowest BCUT2D eigenvalue weighted by molar-refractivity contribution is 0.403. The maximum Gasteiger partial charge on any atom is 0.134 e. The van der Waals surface area contributed by atoms with Crippen molar-refractivity contribution in [1.82, 2.24) is 16.0 Å². The number of aliphatic hydroxyl groups is 1. The number of nitrogens with two attached hydrogens (primary N) is 1. The highest BCUT2D eigenvalue weighted by Gasteiger charge is 2.40. The largest absolute Gasteiger partial charge is 0.512 e. The van der Waals surface area contributed by atoms with Crippen molar-refractivity contribution in [2.24, 2.45) is 11.1 Å². The molecular weight excluding hydrogens is 324 g/mol. The molecule has 0 heterocycles. The van der Waals surface area contributed by atoms with Gasteiger partial charge in [-0.25, -0.2) is 0 Å². The highest BCUT2D eigenvalue weighted by molar-refractivity contribution is 5.23. The van der Waals surface area contributed by atoms with Gasteiger partial charge in [0.15, 0.2) is 0 Å². The molecule has 1 saturated carbocycles. The van der Waals surface area contributed by atoms with Crippen LogP contribution in [-0.4, -0.2) is 29.8 Å². The summed E-state index contributed by atoms with van der Waals surface area (Å²) < 4.78 is 0. The van der Waals surface area contributed by atoms with Gasteiger partial charge < -0.3 is 26.8 Å². The third kappa shape index (κ3) is 8.17. The molecule has 150 valence electrons. The molecule has 6 N–H and O–H groups in total. The monoisotopic (exact) mass is 364 g/mol. The van der Waals surface area contributed by atoms with Crippen LogP contribution >= 0.6 is 0 Å². The van der Waals surface area contributed by atoms with Crippen molar-refractivity contribution in [2.45, 2.75) is 84.8 Å². The first-order chi connectivity index (χ1) is 12.3. The summed E-state index contributed by atoms with van der Waals surface area (Å²) in [6, 6.07) is 0.361. The molecule has 1 aliphatic rings. The Hall–Kier alpha value is -1.62. The second-order valence-electron chi connectivity index (χ2n) is 7.97. The molecular formula is C21H40N4O. The Kier molecular flexibility index (Phi) is 9.63. The lowest BCUT2D eigenvalue weighted by Gasteiger charge is -2.24. The van der Waals surface area contributed by atoms with Crippen LogP contribution in [0.3, 0.4) is 0 Å². The van der Waals surface area contributed by atoms with E-state index in [0.29, 0.717) is 17.3 Å². The van der Waals surface area contributed by atoms with Gasteiger partial charge in [-0.15, -0.1) is 0 Å². The quantitative estimate of drug-likeness (QED) is 0.254. The Morgan fingerprint density at radius 1 is 1.19 bits per heavy atom. The number of rotatable bonds is 13. The Balaban J connectivity index is 2.52. The smallest absolute Gasteiger partial charge is 0.134 e. The average Bonchev–Trinajstić information content (AvgIpc) is 3.33. The molecule has 0 spiro atoms. The summed E-state index contributed by atoms with van der Waals surface area (Å²) >= 11 is 0. The molecule has 0 saturated heterocycles. The van der Waals surface area contributed by atoms with E-state index >= 15 is 0 Å². The van der Waals surface area contributed by atoms with E-state index in [1.165, 1.54) is 25.7 Å². The number of hydrogen-bond acceptors (Lipinski definition) is 5. The summed E-state index contributed by atoms with van der Waals surface area (Å²) in [6.07, 6.45) is 13.5. The highest BCUT2D eigenvalue weighted by Crippen LogP contribution is 2.52. The molecule has 0 aromatic rings. The van der Waals surface area contributed by atoms with E-state index in [4.69, 9.17) is 5.73 Å². The van der Waals surface area contributed by atoms with E-state index in [1.54, 1.807) is 0 Å². The van der Waals surface area contributed by atoms with Crippen LogP contribution in [0.2, 0.25) is 0 Å². The Morgan fingerprint density at radius 2 is 1.88 bits per heavy atom. The molecule has 0 amide bonds. The molecule has 26 heavy (non-hydrogen) atoms. The summed E-state index contributed by atoms with van der Waals surface area (Å²) in [5.41, 5.74) is 7.77. The zero-order chi connectivity index (χ0) is 19.6. The minimum atomic E-state index is -0.0690. The van der Waals surface area contributed by atoms with Crippen LogP contribution in [0.1, 0.15) is 66.7 Å². The Morgan fingerprint density at radius 3 is 2.38 bits per heavy atom. The molecule has 0 bridgehead atoms. The first-order valence-electron chi connectivity index (χ1n) is 10.1. The van der Waals surface area contributed by atoms with Gasteiger partial charge >= 0.3 is 0 Å². The van der Waals surface area contributed by atoms with Gasteiger partial charge in [-0.1, -0.05) is 19.4 Å². The van der Waals surface area contributed by atoms with Crippen molar-refractivity contribution in [3.05, 3.63) is 36.0 Å². The molecule has 2 atom stereocenters. The normalized spacial score (nSPS) is 19.5. The number of allylic oxidation sites excluding steroid dienone is 2. The zero-order valence-corrected chi connectivity index (χ0v) is 17.3. The van der Waals surface area contributed by atoms with Crippen molar-refractivity contribution in [1.29, 1.82) is 0 Å². The van der Waals surface area contributed by atoms with Crippen LogP contribution < -0.4 is 21.7 Å². The molecule has 1 rings (SSSR count). The second-order valence-corrected chi connectivity index (χ2v) is 7.97. The summed E-state index contributed by atoms with van der Waals surface area (Å²) in [4.78, 5) is 0. The number of hydrogen-bond donors (Lipinski definition) is 5. The number of nitrogens with one attached hydrogen (secondary N) is 3. The van der Waals surface area contributed by atoms with Gasteiger partial charge in [-0.3, -0.25) is 0 Å². The minimum Gasteiger partial charge on any atom is -0.512 e. The third-order valence-corrected chi connectivity index (χ3v) is 5.05. The van der Waals surface area contributed by atoms with Gasteiger partial charge in [0.1, 0.15) is 12.1 Å². The van der Waals surface area contributed by atoms with E-state index in [-0.39, 0.29) is 12.1 Å². The molecule has 5 nitrogen and oxygen atoms in total. The van der Waals surface area contributed by atoms with Crippen molar-refractivity contribution >= 4 is 0 Å². The first-order valence-corrected chi connectivity index (χ1v) is 10.1. The SMILES string of the molecule is CCCC1(CCNC(=CO)NC(C)/C(=C\C=C/NC(C)C)C(C)N)CC1. The van der Waals surface area contributed by atoms with Crippen LogP contribution in [0.5, 0.6) is 0 Å². The third-order valence-electron chi connectivity index (χ3n) is 5.05. The van der Waals surface area contributed by atoms with Gasteiger partial charge in [0.2, 0.25) is 0 Å². The zero-order valence-electron chi connectivity index (χ0n) is 17.3. The molecule has 0 aromatic heterocycles. The molecule has 5 heteroatoms. The van der Waals surface area contributed by atoms with Crippen LogP contribution in [0.15, 0.2) is 36.0 Å². The molecule has 0 aliphatic heterocycles. The second kappa shape index (κ2) is 11.2. The van der Waals surface area contributed by atoms with Crippen molar-refractivity contribution in [3.63, 3.8) is 0 Å². The Bertz CT molecular complexity index is 490. The standard InChI is InChI=1S/C21H40N4O/c1-6-9-21(10-11-21)12-14-24-20(15-26)25-18(5)19(17(4)22)8-7-13-23-16(2)3/h7-8,13,15-18,23-26H,6,9-12,14,22H2,1-5H3/b13-7-,19-8-,20-15?. The lowest BCUT2D eigenvalue weighted by Crippen LogP contribution is -2.39. The van der Waals surface area contributed by atoms with E-state index in [1.807, 2.05) is 25.3 Å². The lowest BCUT2D eigenvalue weighted by atomic mass is 9.97. The van der Waals surface area contributed by atoms with Crippen molar-refractivity contribution in [3.8, 4) is 0 Å². The van der Waals surface area contributed by atoms with Crippen LogP contribution in [0.4, 0.5) is 0 Å². The topological polar surface area (TPSA) is 82.3 Å².